The molecule has 0 aliphatic carbocycles. The summed E-state index contributed by atoms with van der Waals surface area (Å²) < 4.78 is 0. The molecule has 0 fully saturated rings. The molecule has 112 valence electrons. The van der Waals surface area contributed by atoms with Gasteiger partial charge in [0.1, 0.15) is 0 Å². The third-order valence-electron chi connectivity index (χ3n) is 2.39. The van der Waals surface area contributed by atoms with Gasteiger partial charge in [0.2, 0.25) is 0 Å². The minimum absolute atomic E-state index is 0.165. The van der Waals surface area contributed by atoms with Crippen molar-refractivity contribution in [2.45, 2.75) is 13.8 Å². The number of anilines is 1. The first-order valence-electron chi connectivity index (χ1n) is 6.69. The van der Waals surface area contributed by atoms with Crippen LogP contribution in [0.2, 0.25) is 0 Å². The van der Waals surface area contributed by atoms with Crippen molar-refractivity contribution >= 4 is 40.9 Å². The Kier molecular flexibility index (Phi) is 8.62. The minimum atomic E-state index is -0.377. The van der Waals surface area contributed by atoms with Gasteiger partial charge in [-0.3, -0.25) is 9.59 Å². The number of carbonyl (C=O) groups is 2. The number of rotatable bonds is 8. The molecule has 0 bridgehead atoms. The molecule has 1 aromatic carbocycles. The fourth-order valence-corrected chi connectivity index (χ4v) is 2.37. The summed E-state index contributed by atoms with van der Waals surface area (Å²) in [6, 6.07) is 9.11. The zero-order valence-corrected chi connectivity index (χ0v) is 13.8. The Hall–Kier alpha value is -1.46. The smallest absolute Gasteiger partial charge is 0.260 e. The molecule has 0 aliphatic heterocycles. The highest BCUT2D eigenvalue weighted by atomic mass is 32.2. The van der Waals surface area contributed by atoms with Crippen molar-refractivity contribution in [3.8, 4) is 0 Å². The van der Waals surface area contributed by atoms with E-state index in [0.717, 1.165) is 11.5 Å². The van der Waals surface area contributed by atoms with Crippen LogP contribution in [-0.2, 0) is 9.59 Å². The summed E-state index contributed by atoms with van der Waals surface area (Å²) in [4.78, 5) is 24.4. The second-order valence-electron chi connectivity index (χ2n) is 3.93. The van der Waals surface area contributed by atoms with Crippen LogP contribution in [0, 0.1) is 0 Å². The molecule has 0 unspecified atom stereocenters. The maximum atomic E-state index is 12.2. The van der Waals surface area contributed by atoms with Gasteiger partial charge in [-0.05, 0) is 40.5 Å². The lowest BCUT2D eigenvalue weighted by Crippen LogP contribution is -2.19. The molecule has 5 heteroatoms. The van der Waals surface area contributed by atoms with Crippen molar-refractivity contribution in [1.29, 1.82) is 0 Å². The van der Waals surface area contributed by atoms with Crippen LogP contribution in [0.15, 0.2) is 52.8 Å². The van der Waals surface area contributed by atoms with Gasteiger partial charge in [0.15, 0.2) is 5.78 Å². The number of ketones is 1. The molecule has 0 radical (unpaired) electrons. The molecular formula is C16H19NO2S2. The first-order chi connectivity index (χ1) is 10.2. The Bertz CT molecular complexity index is 524. The van der Waals surface area contributed by atoms with Gasteiger partial charge in [-0.15, -0.1) is 23.5 Å². The number of amides is 1. The summed E-state index contributed by atoms with van der Waals surface area (Å²) in [6.45, 7) is 3.98. The Morgan fingerprint density at radius 1 is 1.10 bits per heavy atom. The number of hydrogen-bond acceptors (Lipinski definition) is 4. The second kappa shape index (κ2) is 10.3. The molecule has 0 heterocycles. The van der Waals surface area contributed by atoms with Gasteiger partial charge in [-0.25, -0.2) is 0 Å². The van der Waals surface area contributed by atoms with Crippen LogP contribution in [0.5, 0.6) is 0 Å². The topological polar surface area (TPSA) is 46.2 Å². The van der Waals surface area contributed by atoms with E-state index >= 15 is 0 Å². The lowest BCUT2D eigenvalue weighted by molar-refractivity contribution is -0.117. The third kappa shape index (κ3) is 6.69. The summed E-state index contributed by atoms with van der Waals surface area (Å²) in [5, 5.41) is 6.09. The number of para-hydroxylation sites is 1. The van der Waals surface area contributed by atoms with Crippen LogP contribution in [-0.4, -0.2) is 23.2 Å². The van der Waals surface area contributed by atoms with Crippen molar-refractivity contribution in [3.05, 3.63) is 52.8 Å². The van der Waals surface area contributed by atoms with Gasteiger partial charge >= 0.3 is 0 Å². The zero-order chi connectivity index (χ0) is 15.5. The summed E-state index contributed by atoms with van der Waals surface area (Å²) in [7, 11) is 0. The highest BCUT2D eigenvalue weighted by Gasteiger charge is 2.16. The Balaban J connectivity index is 2.82. The predicted molar refractivity (Wildman–Crippen MR) is 93.6 cm³/mol. The van der Waals surface area contributed by atoms with E-state index in [2.05, 4.69) is 5.32 Å². The average molecular weight is 321 g/mol. The van der Waals surface area contributed by atoms with E-state index in [4.69, 9.17) is 0 Å². The highest BCUT2D eigenvalue weighted by molar-refractivity contribution is 8.02. The first-order valence-corrected chi connectivity index (χ1v) is 8.79. The van der Waals surface area contributed by atoms with Crippen LogP contribution in [0.3, 0.4) is 0 Å². The molecule has 0 aliphatic rings. The van der Waals surface area contributed by atoms with Crippen molar-refractivity contribution in [2.24, 2.45) is 0 Å². The van der Waals surface area contributed by atoms with E-state index in [1.807, 2.05) is 32.0 Å². The SMILES string of the molecule is CCSC=CC(=O)C(=CSCC)C(=O)Nc1ccccc1. The van der Waals surface area contributed by atoms with E-state index in [1.54, 1.807) is 22.9 Å². The van der Waals surface area contributed by atoms with Crippen molar-refractivity contribution < 1.29 is 9.59 Å². The zero-order valence-electron chi connectivity index (χ0n) is 12.2. The molecule has 3 nitrogen and oxygen atoms in total. The lowest BCUT2D eigenvalue weighted by atomic mass is 10.1. The summed E-state index contributed by atoms with van der Waals surface area (Å²) in [6.07, 6.45) is 1.45. The van der Waals surface area contributed by atoms with Gasteiger partial charge < -0.3 is 5.32 Å². The number of allylic oxidation sites excluding steroid dienone is 1. The van der Waals surface area contributed by atoms with E-state index in [0.29, 0.717) is 5.69 Å². The predicted octanol–water partition coefficient (Wildman–Crippen LogP) is 4.10. The van der Waals surface area contributed by atoms with Gasteiger partial charge in [-0.2, -0.15) is 0 Å². The maximum Gasteiger partial charge on any atom is 0.260 e. The minimum Gasteiger partial charge on any atom is -0.322 e. The van der Waals surface area contributed by atoms with E-state index in [-0.39, 0.29) is 17.3 Å². The summed E-state index contributed by atoms with van der Waals surface area (Å²) >= 11 is 2.96. The molecule has 0 aromatic heterocycles. The van der Waals surface area contributed by atoms with Crippen LogP contribution < -0.4 is 5.32 Å². The molecule has 1 rings (SSSR count). The Morgan fingerprint density at radius 2 is 1.76 bits per heavy atom. The first kappa shape index (κ1) is 17.6. The van der Waals surface area contributed by atoms with Crippen molar-refractivity contribution in [2.75, 3.05) is 16.8 Å². The molecule has 1 aromatic rings. The monoisotopic (exact) mass is 321 g/mol. The summed E-state index contributed by atoms with van der Waals surface area (Å²) in [5.41, 5.74) is 0.841. The molecule has 1 amide bonds. The van der Waals surface area contributed by atoms with Crippen LogP contribution >= 0.6 is 23.5 Å². The number of nitrogens with one attached hydrogen (secondary N) is 1. The molecule has 0 saturated heterocycles. The maximum absolute atomic E-state index is 12.2. The summed E-state index contributed by atoms with van der Waals surface area (Å²) in [5.74, 6) is 1.05. The van der Waals surface area contributed by atoms with E-state index in [1.165, 1.54) is 29.6 Å². The third-order valence-corrected chi connectivity index (χ3v) is 3.79. The molecule has 1 N–H and O–H groups in total. The fourth-order valence-electron chi connectivity index (χ4n) is 1.41. The standard InChI is InChI=1S/C16H19NO2S2/c1-3-20-11-10-15(18)14(12-21-4-2)16(19)17-13-8-6-5-7-9-13/h5-12H,3-4H2,1-2H3,(H,17,19). The highest BCUT2D eigenvalue weighted by Crippen LogP contribution is 2.13. The molecular weight excluding hydrogens is 302 g/mol. The lowest BCUT2D eigenvalue weighted by Gasteiger charge is -2.06. The van der Waals surface area contributed by atoms with Gasteiger partial charge in [0.25, 0.3) is 5.91 Å². The van der Waals surface area contributed by atoms with E-state index in [9.17, 15) is 9.59 Å². The van der Waals surface area contributed by atoms with Gasteiger partial charge in [0.05, 0.1) is 5.57 Å². The quantitative estimate of drug-likeness (QED) is 0.445. The second-order valence-corrected chi connectivity index (χ2v) is 6.26. The van der Waals surface area contributed by atoms with Crippen LogP contribution in [0.4, 0.5) is 5.69 Å². The van der Waals surface area contributed by atoms with Crippen LogP contribution in [0.1, 0.15) is 13.8 Å². The molecule has 0 atom stereocenters. The number of thioether (sulfide) groups is 2. The number of hydrogen-bond donors (Lipinski definition) is 1. The Morgan fingerprint density at radius 3 is 2.38 bits per heavy atom. The van der Waals surface area contributed by atoms with Gasteiger partial charge in [-0.1, -0.05) is 32.0 Å². The van der Waals surface area contributed by atoms with Crippen molar-refractivity contribution in [3.63, 3.8) is 0 Å². The molecule has 0 spiro atoms. The van der Waals surface area contributed by atoms with Crippen LogP contribution in [0.25, 0.3) is 0 Å². The molecule has 21 heavy (non-hydrogen) atoms. The Labute approximate surface area is 134 Å². The average Bonchev–Trinajstić information content (AvgIpc) is 2.49. The molecule has 0 saturated carbocycles. The van der Waals surface area contributed by atoms with E-state index < -0.39 is 0 Å². The normalized spacial score (nSPS) is 11.6. The number of benzene rings is 1. The number of carbonyl (C=O) groups excluding carboxylic acids is 2. The van der Waals surface area contributed by atoms with Gasteiger partial charge in [0, 0.05) is 5.69 Å². The van der Waals surface area contributed by atoms with Crippen molar-refractivity contribution in [1.82, 2.24) is 0 Å². The largest absolute Gasteiger partial charge is 0.322 e. The fraction of sp³-hybridized carbons (Fsp3) is 0.250.